The zero-order valence-electron chi connectivity index (χ0n) is 21.8. The molecule has 1 aromatic heterocycles. The number of aryl methyl sites for hydroxylation is 1. The molecule has 4 rings (SSSR count). The molecule has 1 N–H and O–H groups in total. The standard InChI is InChI=1S/C28H32F2N4O2S/c1-6-12-31-22(35)15-33-23(36)16-37-25(20-11-10-18(29)14-21(20)30)24-26(28(3,4)5)32-34(27(24)33)19-9-7-8-17(2)13-19/h7-11,13-14,25H,6,12,15-16H2,1-5H3,(H,31,35)/t25-/m0/s1. The van der Waals surface area contributed by atoms with Gasteiger partial charge in [-0.15, -0.1) is 11.8 Å². The minimum Gasteiger partial charge on any atom is -0.355 e. The number of thioether (sulfide) groups is 1. The van der Waals surface area contributed by atoms with E-state index < -0.39 is 22.3 Å². The van der Waals surface area contributed by atoms with Gasteiger partial charge in [-0.05, 0) is 37.1 Å². The number of nitrogens with zero attached hydrogens (tertiary/aromatic N) is 3. The fraction of sp³-hybridized carbons (Fsp3) is 0.393. The summed E-state index contributed by atoms with van der Waals surface area (Å²) >= 11 is 1.26. The van der Waals surface area contributed by atoms with E-state index >= 15 is 4.39 Å². The number of anilines is 1. The quantitative estimate of drug-likeness (QED) is 0.464. The van der Waals surface area contributed by atoms with Crippen LogP contribution in [-0.2, 0) is 15.0 Å². The van der Waals surface area contributed by atoms with Gasteiger partial charge in [0.2, 0.25) is 11.8 Å². The summed E-state index contributed by atoms with van der Waals surface area (Å²) in [5.74, 6) is -1.46. The predicted molar refractivity (Wildman–Crippen MR) is 143 cm³/mol. The molecular formula is C28H32F2N4O2S. The lowest BCUT2D eigenvalue weighted by Crippen LogP contribution is -2.42. The van der Waals surface area contributed by atoms with Crippen LogP contribution in [0.5, 0.6) is 0 Å². The van der Waals surface area contributed by atoms with Crippen molar-refractivity contribution in [1.82, 2.24) is 15.1 Å². The van der Waals surface area contributed by atoms with E-state index in [1.807, 2.05) is 58.9 Å². The Kier molecular flexibility index (Phi) is 7.73. The van der Waals surface area contributed by atoms with Crippen molar-refractivity contribution in [3.05, 3.63) is 76.5 Å². The molecule has 0 saturated heterocycles. The largest absolute Gasteiger partial charge is 0.355 e. The molecule has 0 saturated carbocycles. The van der Waals surface area contributed by atoms with Gasteiger partial charge in [0.1, 0.15) is 24.0 Å². The number of benzene rings is 2. The molecule has 0 spiro atoms. The number of hydrogen-bond acceptors (Lipinski definition) is 4. The Balaban J connectivity index is 2.02. The van der Waals surface area contributed by atoms with Crippen LogP contribution in [0, 0.1) is 18.6 Å². The summed E-state index contributed by atoms with van der Waals surface area (Å²) in [6.07, 6.45) is 0.766. The van der Waals surface area contributed by atoms with Crippen LogP contribution in [0.25, 0.3) is 5.69 Å². The molecule has 3 aromatic rings. The number of carbonyl (C=O) groups is 2. The number of hydrogen-bond donors (Lipinski definition) is 1. The number of nitrogens with one attached hydrogen (secondary N) is 1. The molecular weight excluding hydrogens is 494 g/mol. The fourth-order valence-corrected chi connectivity index (χ4v) is 5.66. The maximum absolute atomic E-state index is 15.2. The van der Waals surface area contributed by atoms with Gasteiger partial charge in [0, 0.05) is 29.2 Å². The lowest BCUT2D eigenvalue weighted by Gasteiger charge is -2.24. The van der Waals surface area contributed by atoms with Crippen LogP contribution in [0.4, 0.5) is 14.6 Å². The highest BCUT2D eigenvalue weighted by Crippen LogP contribution is 2.49. The Morgan fingerprint density at radius 3 is 2.59 bits per heavy atom. The topological polar surface area (TPSA) is 67.2 Å². The Bertz CT molecular complexity index is 1330. The smallest absolute Gasteiger partial charge is 0.240 e. The molecule has 0 unspecified atom stereocenters. The highest BCUT2D eigenvalue weighted by Gasteiger charge is 2.40. The van der Waals surface area contributed by atoms with E-state index in [0.717, 1.165) is 23.7 Å². The lowest BCUT2D eigenvalue weighted by molar-refractivity contribution is -0.122. The first-order valence-corrected chi connectivity index (χ1v) is 13.4. The zero-order chi connectivity index (χ0) is 26.9. The summed E-state index contributed by atoms with van der Waals surface area (Å²) in [6.45, 7) is 10.2. The first kappa shape index (κ1) is 26.9. The second kappa shape index (κ2) is 10.7. The maximum atomic E-state index is 15.2. The van der Waals surface area contributed by atoms with E-state index in [1.54, 1.807) is 4.68 Å². The average molecular weight is 527 g/mol. The third-order valence-electron chi connectivity index (χ3n) is 6.16. The molecule has 1 atom stereocenters. The Morgan fingerprint density at radius 2 is 1.95 bits per heavy atom. The summed E-state index contributed by atoms with van der Waals surface area (Å²) in [5, 5.41) is 7.19. The highest BCUT2D eigenvalue weighted by atomic mass is 32.2. The lowest BCUT2D eigenvalue weighted by atomic mass is 9.87. The monoisotopic (exact) mass is 526 g/mol. The van der Waals surface area contributed by atoms with Crippen molar-refractivity contribution in [2.24, 2.45) is 0 Å². The van der Waals surface area contributed by atoms with Crippen LogP contribution < -0.4 is 10.2 Å². The number of fused-ring (bicyclic) bond motifs is 1. The second-order valence-corrected chi connectivity index (χ2v) is 11.4. The van der Waals surface area contributed by atoms with Gasteiger partial charge < -0.3 is 5.32 Å². The van der Waals surface area contributed by atoms with E-state index in [4.69, 9.17) is 5.10 Å². The molecule has 196 valence electrons. The van der Waals surface area contributed by atoms with Gasteiger partial charge in [-0.2, -0.15) is 5.10 Å². The van der Waals surface area contributed by atoms with Crippen molar-refractivity contribution in [1.29, 1.82) is 0 Å². The highest BCUT2D eigenvalue weighted by molar-refractivity contribution is 8.00. The van der Waals surface area contributed by atoms with Crippen LogP contribution in [0.15, 0.2) is 42.5 Å². The third kappa shape index (κ3) is 5.56. The summed E-state index contributed by atoms with van der Waals surface area (Å²) in [7, 11) is 0. The normalized spacial score (nSPS) is 15.9. The van der Waals surface area contributed by atoms with E-state index in [2.05, 4.69) is 5.32 Å². The number of aromatic nitrogens is 2. The summed E-state index contributed by atoms with van der Waals surface area (Å²) in [4.78, 5) is 27.8. The van der Waals surface area contributed by atoms with E-state index in [1.165, 1.54) is 28.8 Å². The van der Waals surface area contributed by atoms with Crippen LogP contribution in [0.2, 0.25) is 0 Å². The molecule has 0 radical (unpaired) electrons. The fourth-order valence-electron chi connectivity index (χ4n) is 4.44. The number of carbonyl (C=O) groups excluding carboxylic acids is 2. The first-order valence-electron chi connectivity index (χ1n) is 12.3. The van der Waals surface area contributed by atoms with Crippen LogP contribution in [0.3, 0.4) is 0 Å². The molecule has 1 aliphatic heterocycles. The average Bonchev–Trinajstić information content (AvgIpc) is 3.17. The van der Waals surface area contributed by atoms with Crippen LogP contribution in [-0.4, -0.2) is 40.4 Å². The molecule has 0 fully saturated rings. The Morgan fingerprint density at radius 1 is 1.19 bits per heavy atom. The van der Waals surface area contributed by atoms with Gasteiger partial charge in [0.15, 0.2) is 0 Å². The number of amides is 2. The molecule has 1 aliphatic rings. The molecule has 6 nitrogen and oxygen atoms in total. The molecule has 2 heterocycles. The first-order chi connectivity index (χ1) is 17.5. The van der Waals surface area contributed by atoms with Gasteiger partial charge in [0.25, 0.3) is 0 Å². The van der Waals surface area contributed by atoms with Gasteiger partial charge in [-0.3, -0.25) is 14.5 Å². The molecule has 0 aliphatic carbocycles. The van der Waals surface area contributed by atoms with E-state index in [9.17, 15) is 14.0 Å². The van der Waals surface area contributed by atoms with Gasteiger partial charge >= 0.3 is 0 Å². The van der Waals surface area contributed by atoms with Gasteiger partial charge in [-0.1, -0.05) is 45.9 Å². The van der Waals surface area contributed by atoms with Crippen molar-refractivity contribution in [2.75, 3.05) is 23.7 Å². The SMILES string of the molecule is CCCNC(=O)CN1C(=O)CS[C@@H](c2ccc(F)cc2F)c2c(C(C)(C)C)nn(-c3cccc(C)c3)c21. The van der Waals surface area contributed by atoms with Gasteiger partial charge in [-0.25, -0.2) is 13.5 Å². The zero-order valence-corrected chi connectivity index (χ0v) is 22.6. The molecule has 0 bridgehead atoms. The molecule has 2 aromatic carbocycles. The van der Waals surface area contributed by atoms with Crippen molar-refractivity contribution in [2.45, 2.75) is 51.7 Å². The Hall–Kier alpha value is -3.20. The van der Waals surface area contributed by atoms with Crippen molar-refractivity contribution >= 4 is 29.4 Å². The molecule has 9 heteroatoms. The van der Waals surface area contributed by atoms with Crippen molar-refractivity contribution in [3.63, 3.8) is 0 Å². The van der Waals surface area contributed by atoms with Crippen molar-refractivity contribution in [3.8, 4) is 5.69 Å². The van der Waals surface area contributed by atoms with Crippen LogP contribution in [0.1, 0.15) is 61.7 Å². The van der Waals surface area contributed by atoms with E-state index in [-0.39, 0.29) is 29.7 Å². The number of halogens is 2. The molecule has 37 heavy (non-hydrogen) atoms. The van der Waals surface area contributed by atoms with E-state index in [0.29, 0.717) is 23.6 Å². The maximum Gasteiger partial charge on any atom is 0.240 e. The second-order valence-electron chi connectivity index (χ2n) is 10.3. The summed E-state index contributed by atoms with van der Waals surface area (Å²) < 4.78 is 30.7. The predicted octanol–water partition coefficient (Wildman–Crippen LogP) is 5.45. The Labute approximate surface area is 220 Å². The minimum atomic E-state index is -0.687. The van der Waals surface area contributed by atoms with Crippen LogP contribution >= 0.6 is 11.8 Å². The number of rotatable bonds is 6. The molecule has 2 amide bonds. The third-order valence-corrected chi connectivity index (χ3v) is 7.40. The van der Waals surface area contributed by atoms with Crippen molar-refractivity contribution < 1.29 is 18.4 Å². The summed E-state index contributed by atoms with van der Waals surface area (Å²) in [5.41, 5.74) is 2.85. The summed E-state index contributed by atoms with van der Waals surface area (Å²) in [6, 6.07) is 11.2. The minimum absolute atomic E-state index is 0.0224. The van der Waals surface area contributed by atoms with Gasteiger partial charge in [0.05, 0.1) is 22.4 Å².